The van der Waals surface area contributed by atoms with Gasteiger partial charge in [0.05, 0.1) is 0 Å². The fraction of sp³-hybridized carbons (Fsp3) is 0.444. The van der Waals surface area contributed by atoms with Crippen molar-refractivity contribution in [3.8, 4) is 0 Å². The molecule has 1 aliphatic rings. The topological polar surface area (TPSA) is 12.0 Å². The number of hydrogen-bond acceptors (Lipinski definition) is 2. The summed E-state index contributed by atoms with van der Waals surface area (Å²) in [7, 11) is 0. The monoisotopic (exact) mass is 285 g/mol. The Hall–Kier alpha value is -1.12. The van der Waals surface area contributed by atoms with Crippen LogP contribution in [-0.2, 0) is 25.7 Å². The Bertz CT molecular complexity index is 545. The fourth-order valence-corrected chi connectivity index (χ4v) is 3.92. The summed E-state index contributed by atoms with van der Waals surface area (Å²) in [5.41, 5.74) is 6.12. The van der Waals surface area contributed by atoms with Crippen LogP contribution in [0.2, 0.25) is 0 Å². The van der Waals surface area contributed by atoms with Crippen molar-refractivity contribution in [1.82, 2.24) is 5.32 Å². The molecule has 0 bridgehead atoms. The summed E-state index contributed by atoms with van der Waals surface area (Å²) >= 11 is 1.79. The zero-order chi connectivity index (χ0) is 13.8. The van der Waals surface area contributed by atoms with Gasteiger partial charge in [-0.1, -0.05) is 25.1 Å². The first-order chi connectivity index (χ1) is 9.85. The van der Waals surface area contributed by atoms with Gasteiger partial charge in [0, 0.05) is 6.04 Å². The Morgan fingerprint density at radius 1 is 1.10 bits per heavy atom. The molecule has 1 N–H and O–H groups in total. The first kappa shape index (κ1) is 13.8. The average molecular weight is 285 g/mol. The van der Waals surface area contributed by atoms with Crippen LogP contribution in [0, 0.1) is 0 Å². The number of thiophene rings is 1. The van der Waals surface area contributed by atoms with Crippen molar-refractivity contribution in [3.63, 3.8) is 0 Å². The predicted molar refractivity (Wildman–Crippen MR) is 87.7 cm³/mol. The van der Waals surface area contributed by atoms with E-state index >= 15 is 0 Å². The van der Waals surface area contributed by atoms with Crippen LogP contribution in [0.1, 0.15) is 35.6 Å². The molecule has 0 radical (unpaired) electrons. The van der Waals surface area contributed by atoms with Crippen LogP contribution in [0.25, 0.3) is 0 Å². The van der Waals surface area contributed by atoms with Crippen molar-refractivity contribution in [2.24, 2.45) is 0 Å². The van der Waals surface area contributed by atoms with Gasteiger partial charge in [0.1, 0.15) is 0 Å². The fourth-order valence-electron chi connectivity index (χ4n) is 3.24. The van der Waals surface area contributed by atoms with Gasteiger partial charge in [-0.2, -0.15) is 11.3 Å². The minimum Gasteiger partial charge on any atom is -0.314 e. The molecule has 0 saturated carbocycles. The molecular weight excluding hydrogens is 262 g/mol. The third-order valence-corrected chi connectivity index (χ3v) is 4.93. The summed E-state index contributed by atoms with van der Waals surface area (Å²) in [4.78, 5) is 0. The van der Waals surface area contributed by atoms with Gasteiger partial charge in [-0.05, 0) is 77.7 Å². The lowest BCUT2D eigenvalue weighted by atomic mass is 9.97. The first-order valence-electron chi connectivity index (χ1n) is 7.70. The van der Waals surface area contributed by atoms with Gasteiger partial charge in [0.25, 0.3) is 0 Å². The maximum absolute atomic E-state index is 3.64. The molecule has 1 aromatic heterocycles. The second-order valence-corrected chi connectivity index (χ2v) is 6.53. The molecule has 1 unspecified atom stereocenters. The first-order valence-corrected chi connectivity index (χ1v) is 8.64. The number of aryl methyl sites for hydroxylation is 2. The Morgan fingerprint density at radius 2 is 1.95 bits per heavy atom. The molecular formula is C18H23NS. The lowest BCUT2D eigenvalue weighted by Crippen LogP contribution is -2.32. The van der Waals surface area contributed by atoms with Crippen LogP contribution in [0.3, 0.4) is 0 Å². The van der Waals surface area contributed by atoms with Crippen LogP contribution in [0.15, 0.2) is 35.0 Å². The number of likely N-dealkylation sites (N-methyl/N-ethyl adjacent to an activating group) is 1. The van der Waals surface area contributed by atoms with Crippen molar-refractivity contribution in [2.75, 3.05) is 6.54 Å². The molecule has 1 atom stereocenters. The number of hydrogen-bond donors (Lipinski definition) is 1. The van der Waals surface area contributed by atoms with Gasteiger partial charge >= 0.3 is 0 Å². The molecule has 0 fully saturated rings. The number of benzene rings is 1. The maximum atomic E-state index is 3.64. The highest BCUT2D eigenvalue weighted by Gasteiger charge is 2.14. The molecule has 1 aromatic carbocycles. The molecule has 0 amide bonds. The van der Waals surface area contributed by atoms with E-state index in [2.05, 4.69) is 47.3 Å². The third kappa shape index (κ3) is 3.31. The molecule has 2 heteroatoms. The summed E-state index contributed by atoms with van der Waals surface area (Å²) in [5, 5.41) is 8.09. The van der Waals surface area contributed by atoms with Crippen LogP contribution in [0.5, 0.6) is 0 Å². The van der Waals surface area contributed by atoms with Crippen molar-refractivity contribution >= 4 is 11.3 Å². The molecule has 0 saturated heterocycles. The second-order valence-electron chi connectivity index (χ2n) is 5.75. The van der Waals surface area contributed by atoms with Crippen molar-refractivity contribution < 1.29 is 0 Å². The molecule has 1 heterocycles. The lowest BCUT2D eigenvalue weighted by Gasteiger charge is -2.18. The quantitative estimate of drug-likeness (QED) is 0.846. The van der Waals surface area contributed by atoms with E-state index in [9.17, 15) is 0 Å². The van der Waals surface area contributed by atoms with Crippen molar-refractivity contribution in [2.45, 2.75) is 45.1 Å². The Balaban J connectivity index is 1.69. The number of fused-ring (bicyclic) bond motifs is 1. The molecule has 0 spiro atoms. The zero-order valence-electron chi connectivity index (χ0n) is 12.2. The summed E-state index contributed by atoms with van der Waals surface area (Å²) in [6, 6.07) is 9.93. The SMILES string of the molecule is CCNC(Cc1ccsc1)Cc1ccc2c(c1)CCC2. The summed E-state index contributed by atoms with van der Waals surface area (Å²) in [6.07, 6.45) is 6.16. The van der Waals surface area contributed by atoms with Crippen molar-refractivity contribution in [3.05, 3.63) is 57.3 Å². The molecule has 3 rings (SSSR count). The number of nitrogens with one attached hydrogen (secondary N) is 1. The zero-order valence-corrected chi connectivity index (χ0v) is 13.0. The normalized spacial score (nSPS) is 15.2. The highest BCUT2D eigenvalue weighted by atomic mass is 32.1. The van der Waals surface area contributed by atoms with Crippen LogP contribution in [0.4, 0.5) is 0 Å². The molecule has 106 valence electrons. The standard InChI is InChI=1S/C18H23NS/c1-2-19-18(12-15-8-9-20-13-15)11-14-6-7-16-4-3-5-17(16)10-14/h6-10,13,18-19H,2-5,11-12H2,1H3. The minimum atomic E-state index is 0.550. The molecule has 0 aliphatic heterocycles. The van der Waals surface area contributed by atoms with Crippen molar-refractivity contribution in [1.29, 1.82) is 0 Å². The summed E-state index contributed by atoms with van der Waals surface area (Å²) in [6.45, 7) is 3.24. The highest BCUT2D eigenvalue weighted by Crippen LogP contribution is 2.23. The van der Waals surface area contributed by atoms with E-state index < -0.39 is 0 Å². The Morgan fingerprint density at radius 3 is 2.75 bits per heavy atom. The van der Waals surface area contributed by atoms with Gasteiger partial charge in [0.2, 0.25) is 0 Å². The molecule has 20 heavy (non-hydrogen) atoms. The average Bonchev–Trinajstić information content (AvgIpc) is 3.09. The summed E-state index contributed by atoms with van der Waals surface area (Å²) < 4.78 is 0. The van der Waals surface area contributed by atoms with E-state index in [1.807, 2.05) is 0 Å². The van der Waals surface area contributed by atoms with E-state index in [1.165, 1.54) is 30.4 Å². The predicted octanol–water partition coefficient (Wildman–Crippen LogP) is 4.00. The molecule has 2 aromatic rings. The Labute approximate surface area is 126 Å². The molecule has 1 aliphatic carbocycles. The largest absolute Gasteiger partial charge is 0.314 e. The third-order valence-electron chi connectivity index (χ3n) is 4.20. The minimum absolute atomic E-state index is 0.550. The Kier molecular flexibility index (Phi) is 4.54. The van der Waals surface area contributed by atoms with Crippen LogP contribution in [-0.4, -0.2) is 12.6 Å². The second kappa shape index (κ2) is 6.55. The summed E-state index contributed by atoms with van der Waals surface area (Å²) in [5.74, 6) is 0. The van der Waals surface area contributed by atoms with E-state index in [4.69, 9.17) is 0 Å². The van der Waals surface area contributed by atoms with Gasteiger partial charge < -0.3 is 5.32 Å². The number of rotatable bonds is 6. The van der Waals surface area contributed by atoms with E-state index in [1.54, 1.807) is 22.5 Å². The maximum Gasteiger partial charge on any atom is 0.0148 e. The van der Waals surface area contributed by atoms with Gasteiger partial charge in [-0.25, -0.2) is 0 Å². The van der Waals surface area contributed by atoms with Crippen LogP contribution < -0.4 is 5.32 Å². The van der Waals surface area contributed by atoms with Gasteiger partial charge in [-0.15, -0.1) is 0 Å². The van der Waals surface area contributed by atoms with E-state index in [-0.39, 0.29) is 0 Å². The van der Waals surface area contributed by atoms with Gasteiger partial charge in [0.15, 0.2) is 0 Å². The van der Waals surface area contributed by atoms with Crippen LogP contribution >= 0.6 is 11.3 Å². The smallest absolute Gasteiger partial charge is 0.0148 e. The lowest BCUT2D eigenvalue weighted by molar-refractivity contribution is 0.522. The van der Waals surface area contributed by atoms with Gasteiger partial charge in [-0.3, -0.25) is 0 Å². The van der Waals surface area contributed by atoms with E-state index in [0.717, 1.165) is 19.4 Å². The van der Waals surface area contributed by atoms with E-state index in [0.29, 0.717) is 6.04 Å². The molecule has 1 nitrogen and oxygen atoms in total. The highest BCUT2D eigenvalue weighted by molar-refractivity contribution is 7.07.